The van der Waals surface area contributed by atoms with Crippen molar-refractivity contribution < 1.29 is 9.53 Å². The summed E-state index contributed by atoms with van der Waals surface area (Å²) in [5, 5.41) is 7.51. The molecule has 6 heteroatoms. The molecule has 3 heterocycles. The van der Waals surface area contributed by atoms with E-state index in [0.29, 0.717) is 19.7 Å². The number of amides is 1. The van der Waals surface area contributed by atoms with Crippen molar-refractivity contribution in [1.82, 2.24) is 20.1 Å². The van der Waals surface area contributed by atoms with E-state index in [1.54, 1.807) is 6.20 Å². The highest BCUT2D eigenvalue weighted by Gasteiger charge is 2.35. The first kappa shape index (κ1) is 18.4. The Kier molecular flexibility index (Phi) is 5.48. The fraction of sp³-hybridized carbons (Fsp3) is 0.318. The molecule has 2 aromatic heterocycles. The van der Waals surface area contributed by atoms with Crippen LogP contribution in [-0.2, 0) is 22.6 Å². The third kappa shape index (κ3) is 4.12. The van der Waals surface area contributed by atoms with E-state index in [4.69, 9.17) is 4.74 Å². The summed E-state index contributed by atoms with van der Waals surface area (Å²) in [6.45, 7) is 3.79. The molecule has 6 nitrogen and oxygen atoms in total. The maximum absolute atomic E-state index is 12.8. The maximum atomic E-state index is 12.8. The van der Waals surface area contributed by atoms with Gasteiger partial charge in [-0.05, 0) is 36.1 Å². The van der Waals surface area contributed by atoms with E-state index in [9.17, 15) is 4.79 Å². The van der Waals surface area contributed by atoms with Gasteiger partial charge in [0, 0.05) is 37.3 Å². The molecule has 1 saturated heterocycles. The second-order valence-corrected chi connectivity index (χ2v) is 7.16. The first-order valence-electron chi connectivity index (χ1n) is 9.56. The van der Waals surface area contributed by atoms with Crippen molar-refractivity contribution in [1.29, 1.82) is 0 Å². The van der Waals surface area contributed by atoms with Crippen molar-refractivity contribution >= 4 is 5.91 Å². The van der Waals surface area contributed by atoms with Gasteiger partial charge in [-0.25, -0.2) is 0 Å². The van der Waals surface area contributed by atoms with Crippen LogP contribution in [0.3, 0.4) is 0 Å². The molecule has 1 amide bonds. The zero-order valence-corrected chi connectivity index (χ0v) is 15.9. The van der Waals surface area contributed by atoms with E-state index in [0.717, 1.165) is 23.1 Å². The summed E-state index contributed by atoms with van der Waals surface area (Å²) >= 11 is 0. The number of benzene rings is 1. The van der Waals surface area contributed by atoms with Gasteiger partial charge in [-0.15, -0.1) is 0 Å². The van der Waals surface area contributed by atoms with Crippen LogP contribution in [0, 0.1) is 12.8 Å². The lowest BCUT2D eigenvalue weighted by Crippen LogP contribution is -2.32. The molecule has 0 saturated carbocycles. The van der Waals surface area contributed by atoms with Gasteiger partial charge >= 0.3 is 0 Å². The summed E-state index contributed by atoms with van der Waals surface area (Å²) < 4.78 is 7.78. The van der Waals surface area contributed by atoms with Crippen LogP contribution in [0.1, 0.15) is 34.8 Å². The minimum Gasteiger partial charge on any atom is -0.373 e. The van der Waals surface area contributed by atoms with Gasteiger partial charge in [-0.3, -0.25) is 14.5 Å². The number of carbonyl (C=O) groups excluding carboxylic acids is 1. The molecule has 0 spiro atoms. The smallest absolute Gasteiger partial charge is 0.226 e. The number of nitrogens with zero attached hydrogens (tertiary/aromatic N) is 3. The number of aryl methyl sites for hydroxylation is 1. The Morgan fingerprint density at radius 3 is 2.93 bits per heavy atom. The summed E-state index contributed by atoms with van der Waals surface area (Å²) in [6.07, 6.45) is 7.82. The molecule has 1 aliphatic heterocycles. The number of aromatic nitrogens is 3. The molecule has 4 rings (SSSR count). The number of carbonyl (C=O) groups is 1. The van der Waals surface area contributed by atoms with Gasteiger partial charge < -0.3 is 10.1 Å². The molecule has 1 fully saturated rings. The van der Waals surface area contributed by atoms with E-state index in [1.807, 2.05) is 54.5 Å². The average Bonchev–Trinajstić information content (AvgIpc) is 3.37. The number of hydrogen-bond acceptors (Lipinski definition) is 4. The minimum atomic E-state index is -0.247. The van der Waals surface area contributed by atoms with Crippen LogP contribution in [0.2, 0.25) is 0 Å². The molecule has 0 unspecified atom stereocenters. The number of rotatable bonds is 6. The van der Waals surface area contributed by atoms with Gasteiger partial charge in [-0.2, -0.15) is 5.10 Å². The predicted octanol–water partition coefficient (Wildman–Crippen LogP) is 3.03. The highest BCUT2D eigenvalue weighted by molar-refractivity contribution is 5.79. The van der Waals surface area contributed by atoms with Gasteiger partial charge in [0.1, 0.15) is 0 Å². The van der Waals surface area contributed by atoms with E-state index < -0.39 is 0 Å². The van der Waals surface area contributed by atoms with Gasteiger partial charge in [-0.1, -0.05) is 30.3 Å². The highest BCUT2D eigenvalue weighted by atomic mass is 16.5. The monoisotopic (exact) mass is 376 g/mol. The SMILES string of the molecule is Cc1cnccc1CNC(=O)[C@H]1CCO[C@@H]1c1cnn(Cc2ccccc2)c1. The lowest BCUT2D eigenvalue weighted by molar-refractivity contribution is -0.126. The van der Waals surface area contributed by atoms with Crippen LogP contribution in [0.25, 0.3) is 0 Å². The van der Waals surface area contributed by atoms with Gasteiger partial charge in [0.05, 0.1) is 24.8 Å². The fourth-order valence-corrected chi connectivity index (χ4v) is 3.58. The van der Waals surface area contributed by atoms with Crippen molar-refractivity contribution in [2.24, 2.45) is 5.92 Å². The van der Waals surface area contributed by atoms with Crippen LogP contribution in [-0.4, -0.2) is 27.3 Å². The fourth-order valence-electron chi connectivity index (χ4n) is 3.58. The van der Waals surface area contributed by atoms with Crippen LogP contribution in [0.15, 0.2) is 61.2 Å². The van der Waals surface area contributed by atoms with Crippen LogP contribution in [0.5, 0.6) is 0 Å². The lowest BCUT2D eigenvalue weighted by atomic mass is 9.96. The van der Waals surface area contributed by atoms with E-state index in [1.165, 1.54) is 5.56 Å². The van der Waals surface area contributed by atoms with Gasteiger partial charge in [0.25, 0.3) is 0 Å². The second-order valence-electron chi connectivity index (χ2n) is 7.16. The van der Waals surface area contributed by atoms with Crippen LogP contribution < -0.4 is 5.32 Å². The van der Waals surface area contributed by atoms with Gasteiger partial charge in [0.2, 0.25) is 5.91 Å². The molecule has 144 valence electrons. The first-order chi connectivity index (χ1) is 13.7. The van der Waals surface area contributed by atoms with E-state index in [2.05, 4.69) is 27.5 Å². The van der Waals surface area contributed by atoms with E-state index >= 15 is 0 Å². The molecular weight excluding hydrogens is 352 g/mol. The van der Waals surface area contributed by atoms with Crippen LogP contribution in [0.4, 0.5) is 0 Å². The Morgan fingerprint density at radius 1 is 1.25 bits per heavy atom. The Morgan fingerprint density at radius 2 is 2.11 bits per heavy atom. The summed E-state index contributed by atoms with van der Waals surface area (Å²) in [7, 11) is 0. The zero-order valence-electron chi connectivity index (χ0n) is 15.9. The topological polar surface area (TPSA) is 69.0 Å². The molecule has 0 radical (unpaired) electrons. The van der Waals surface area contributed by atoms with Crippen molar-refractivity contribution in [2.45, 2.75) is 32.5 Å². The third-order valence-electron chi connectivity index (χ3n) is 5.19. The summed E-state index contributed by atoms with van der Waals surface area (Å²) in [5.74, 6) is -0.175. The number of pyridine rings is 1. The quantitative estimate of drug-likeness (QED) is 0.718. The van der Waals surface area contributed by atoms with Crippen molar-refractivity contribution in [3.63, 3.8) is 0 Å². The largest absolute Gasteiger partial charge is 0.373 e. The Balaban J connectivity index is 1.40. The van der Waals surface area contributed by atoms with Crippen molar-refractivity contribution in [2.75, 3.05) is 6.61 Å². The molecular formula is C22H24N4O2. The van der Waals surface area contributed by atoms with Gasteiger partial charge in [0.15, 0.2) is 0 Å². The van der Waals surface area contributed by atoms with E-state index in [-0.39, 0.29) is 17.9 Å². The van der Waals surface area contributed by atoms with Crippen molar-refractivity contribution in [3.8, 4) is 0 Å². The normalized spacial score (nSPS) is 18.9. The predicted molar refractivity (Wildman–Crippen MR) is 105 cm³/mol. The molecule has 0 aliphatic carbocycles. The molecule has 28 heavy (non-hydrogen) atoms. The number of nitrogens with one attached hydrogen (secondary N) is 1. The molecule has 3 aromatic rings. The van der Waals surface area contributed by atoms with Crippen molar-refractivity contribution in [3.05, 3.63) is 83.4 Å². The maximum Gasteiger partial charge on any atom is 0.226 e. The molecule has 0 bridgehead atoms. The first-order valence-corrected chi connectivity index (χ1v) is 9.56. The standard InChI is InChI=1S/C22H24N4O2/c1-16-11-23-9-7-18(16)12-24-22(27)20-8-10-28-21(20)19-13-25-26(15-19)14-17-5-3-2-4-6-17/h2-7,9,11,13,15,20-21H,8,10,12,14H2,1H3,(H,24,27)/t20-,21+/m0/s1. The Labute approximate surface area is 164 Å². The molecule has 2 atom stereocenters. The Hall–Kier alpha value is -2.99. The highest BCUT2D eigenvalue weighted by Crippen LogP contribution is 2.34. The molecule has 1 aliphatic rings. The van der Waals surface area contributed by atoms with Crippen LogP contribution >= 0.6 is 0 Å². The summed E-state index contributed by atoms with van der Waals surface area (Å²) in [6, 6.07) is 12.1. The second kappa shape index (κ2) is 8.35. The number of ether oxygens (including phenoxy) is 1. The molecule has 1 N–H and O–H groups in total. The average molecular weight is 376 g/mol. The third-order valence-corrected chi connectivity index (χ3v) is 5.19. The zero-order chi connectivity index (χ0) is 19.3. The summed E-state index contributed by atoms with van der Waals surface area (Å²) in [4.78, 5) is 16.9. The Bertz CT molecular complexity index is 938. The lowest BCUT2D eigenvalue weighted by Gasteiger charge is -2.17. The number of hydrogen-bond donors (Lipinski definition) is 1. The molecule has 1 aromatic carbocycles. The minimum absolute atomic E-state index is 0.0227. The summed E-state index contributed by atoms with van der Waals surface area (Å²) in [5.41, 5.74) is 4.29.